The average molecular weight is 1240 g/mol. The fourth-order valence-corrected chi connectivity index (χ4v) is 16.9. The molecule has 17 atom stereocenters. The first-order chi connectivity index (χ1) is 37.4. The van der Waals surface area contributed by atoms with E-state index in [1.165, 1.54) is 0 Å². The Morgan fingerprint density at radius 1 is 0.614 bits per heavy atom. The highest BCUT2D eigenvalue weighted by Gasteiger charge is 2.52. The van der Waals surface area contributed by atoms with Crippen LogP contribution in [0.1, 0.15) is 204 Å². The SMILES string of the molecule is CC[C@@H](/C=C/C=C/C[C@@H](C)[C@H](O[Si](C)(C)C(C)(C)C)[C@H](C)C(=O)[C@@H](C)[C@H](O[Si](C)(C)C(C)(C)C)[C@@H](C)C(=O)[C@@H](C)[C@H](O[Si](C)(C)C(C)(C)C)[C@@H](C)/C=C/C(=O)O)CC[C@@H]1O[C@]2(CC[C@H](C)[C@H](C[C@@H](C)O[Si](C)(C)C(C)(C)C)O2)C[C@H](O)[C@@H]1C. The minimum absolute atomic E-state index is 0.00415. The number of allylic oxidation sites excluding steroid dienone is 4. The van der Waals surface area contributed by atoms with Gasteiger partial charge in [0, 0.05) is 60.5 Å². The van der Waals surface area contributed by atoms with Crippen molar-refractivity contribution in [1.29, 1.82) is 0 Å². The van der Waals surface area contributed by atoms with E-state index >= 15 is 9.59 Å². The Morgan fingerprint density at radius 3 is 1.49 bits per heavy atom. The first-order valence-electron chi connectivity index (χ1n) is 32.5. The molecule has 2 fully saturated rings. The van der Waals surface area contributed by atoms with Crippen molar-refractivity contribution in [3.63, 3.8) is 0 Å². The van der Waals surface area contributed by atoms with Gasteiger partial charge in [0.1, 0.15) is 11.6 Å². The van der Waals surface area contributed by atoms with Gasteiger partial charge in [0.2, 0.25) is 0 Å². The molecule has 2 rings (SSSR count). The van der Waals surface area contributed by atoms with Crippen LogP contribution < -0.4 is 0 Å². The number of hydrogen-bond acceptors (Lipinski definition) is 10. The van der Waals surface area contributed by atoms with E-state index in [1.807, 2.05) is 34.6 Å². The van der Waals surface area contributed by atoms with Gasteiger partial charge in [-0.25, -0.2) is 4.79 Å². The molecule has 1 spiro atoms. The maximum Gasteiger partial charge on any atom is 0.327 e. The topological polar surface area (TPSA) is 147 Å². The Hall–Kier alpha value is -1.38. The van der Waals surface area contributed by atoms with Gasteiger partial charge >= 0.3 is 5.97 Å². The van der Waals surface area contributed by atoms with Gasteiger partial charge in [0.15, 0.2) is 39.1 Å². The highest BCUT2D eigenvalue weighted by Crippen LogP contribution is 2.48. The number of carboxylic acid groups (broad SMARTS) is 1. The van der Waals surface area contributed by atoms with Crippen molar-refractivity contribution in [2.45, 2.75) is 325 Å². The molecule has 0 radical (unpaired) electrons. The Kier molecular flexibility index (Phi) is 28.5. The molecule has 0 bridgehead atoms. The second-order valence-electron chi connectivity index (χ2n) is 32.6. The molecular formula is C68H130O11Si4. The molecule has 484 valence electrons. The van der Waals surface area contributed by atoms with Crippen molar-refractivity contribution in [2.24, 2.45) is 53.3 Å². The average Bonchev–Trinajstić information content (AvgIpc) is 3.45. The van der Waals surface area contributed by atoms with Crippen molar-refractivity contribution >= 4 is 50.8 Å². The molecule has 15 heteroatoms. The number of carbonyl (C=O) groups excluding carboxylic acids is 2. The van der Waals surface area contributed by atoms with Gasteiger partial charge in [-0.2, -0.15) is 0 Å². The van der Waals surface area contributed by atoms with Gasteiger partial charge < -0.3 is 37.4 Å². The Labute approximate surface area is 514 Å². The summed E-state index contributed by atoms with van der Waals surface area (Å²) in [5, 5.41) is 20.8. The first-order valence-corrected chi connectivity index (χ1v) is 44.1. The van der Waals surface area contributed by atoms with Crippen molar-refractivity contribution in [3.8, 4) is 0 Å². The van der Waals surface area contributed by atoms with E-state index in [-0.39, 0.29) is 73.9 Å². The predicted molar refractivity (Wildman–Crippen MR) is 357 cm³/mol. The molecule has 2 aliphatic heterocycles. The van der Waals surface area contributed by atoms with Gasteiger partial charge in [-0.1, -0.05) is 176 Å². The minimum atomic E-state index is -2.56. The molecule has 11 nitrogen and oxygen atoms in total. The van der Waals surface area contributed by atoms with E-state index < -0.39 is 87.0 Å². The number of aliphatic carboxylic acids is 1. The van der Waals surface area contributed by atoms with Crippen LogP contribution in [0.4, 0.5) is 0 Å². The van der Waals surface area contributed by atoms with E-state index in [2.05, 4.69) is 194 Å². The summed E-state index contributed by atoms with van der Waals surface area (Å²) in [5.41, 5.74) is 0. The van der Waals surface area contributed by atoms with Gasteiger partial charge in [-0.05, 0) is 136 Å². The summed E-state index contributed by atoms with van der Waals surface area (Å²) in [7, 11) is -9.33. The largest absolute Gasteiger partial charge is 0.478 e. The number of ether oxygens (including phenoxy) is 2. The quantitative estimate of drug-likeness (QED) is 0.0402. The molecule has 0 aromatic rings. The molecule has 0 saturated carbocycles. The van der Waals surface area contributed by atoms with Gasteiger partial charge in [-0.3, -0.25) is 9.59 Å². The monoisotopic (exact) mass is 1230 g/mol. The number of aliphatic hydroxyl groups is 1. The zero-order valence-electron chi connectivity index (χ0n) is 58.9. The molecule has 83 heavy (non-hydrogen) atoms. The third kappa shape index (κ3) is 21.7. The van der Waals surface area contributed by atoms with Gasteiger partial charge in [0.25, 0.3) is 0 Å². The first kappa shape index (κ1) is 77.7. The third-order valence-corrected chi connectivity index (χ3v) is 39.5. The lowest BCUT2D eigenvalue weighted by Gasteiger charge is -2.51. The normalized spacial score (nSPS) is 26.4. The van der Waals surface area contributed by atoms with E-state index in [0.29, 0.717) is 24.7 Å². The second kappa shape index (κ2) is 30.4. The van der Waals surface area contributed by atoms with Crippen molar-refractivity contribution in [3.05, 3.63) is 36.5 Å². The number of hydrogen-bond donors (Lipinski definition) is 2. The van der Waals surface area contributed by atoms with Crippen LogP contribution in [0.2, 0.25) is 72.5 Å². The van der Waals surface area contributed by atoms with Crippen molar-refractivity contribution in [2.75, 3.05) is 0 Å². The predicted octanol–water partition coefficient (Wildman–Crippen LogP) is 18.2. The number of carboxylic acids is 1. The summed E-state index contributed by atoms with van der Waals surface area (Å²) < 4.78 is 42.4. The molecular weight excluding hydrogens is 1110 g/mol. The molecule has 0 aromatic heterocycles. The Bertz CT molecular complexity index is 2140. The highest BCUT2D eigenvalue weighted by atomic mass is 28.4. The molecule has 2 saturated heterocycles. The summed E-state index contributed by atoms with van der Waals surface area (Å²) in [4.78, 5) is 42.3. The molecule has 2 heterocycles. The smallest absolute Gasteiger partial charge is 0.327 e. The summed E-state index contributed by atoms with van der Waals surface area (Å²) in [6.45, 7) is 65.1. The van der Waals surface area contributed by atoms with Crippen LogP contribution in [-0.4, -0.2) is 110 Å². The van der Waals surface area contributed by atoms with E-state index in [4.69, 9.17) is 27.2 Å². The second-order valence-corrected chi connectivity index (χ2v) is 51.6. The molecule has 0 aliphatic carbocycles. The minimum Gasteiger partial charge on any atom is -0.478 e. The van der Waals surface area contributed by atoms with Gasteiger partial charge in [-0.15, -0.1) is 0 Å². The third-order valence-electron chi connectivity index (χ3n) is 21.5. The molecule has 0 unspecified atom stereocenters. The molecule has 0 amide bonds. The van der Waals surface area contributed by atoms with Crippen molar-refractivity contribution in [1.82, 2.24) is 0 Å². The van der Waals surface area contributed by atoms with Gasteiger partial charge in [0.05, 0.1) is 36.6 Å². The Morgan fingerprint density at radius 2 is 1.04 bits per heavy atom. The highest BCUT2D eigenvalue weighted by molar-refractivity contribution is 6.75. The van der Waals surface area contributed by atoms with Crippen LogP contribution in [0.5, 0.6) is 0 Å². The number of rotatable bonds is 30. The number of carbonyl (C=O) groups is 3. The van der Waals surface area contributed by atoms with E-state index in [0.717, 1.165) is 44.6 Å². The Balaban J connectivity index is 2.43. The number of Topliss-reactive ketones (excluding diaryl/α,β-unsaturated/α-hetero) is 2. The van der Waals surface area contributed by atoms with Crippen LogP contribution in [0.3, 0.4) is 0 Å². The maximum atomic E-state index is 15.4. The van der Waals surface area contributed by atoms with E-state index in [9.17, 15) is 15.0 Å². The maximum absolute atomic E-state index is 15.4. The molecule has 2 N–H and O–H groups in total. The fourth-order valence-electron chi connectivity index (χ4n) is 11.1. The lowest BCUT2D eigenvalue weighted by atomic mass is 9.77. The van der Waals surface area contributed by atoms with Crippen LogP contribution in [0.15, 0.2) is 36.5 Å². The molecule has 2 aliphatic rings. The number of aliphatic hydroxyl groups excluding tert-OH is 1. The summed E-state index contributed by atoms with van der Waals surface area (Å²) in [6, 6.07) is 0. The van der Waals surface area contributed by atoms with Crippen LogP contribution >= 0.6 is 0 Å². The lowest BCUT2D eigenvalue weighted by molar-refractivity contribution is -0.347. The van der Waals surface area contributed by atoms with Crippen LogP contribution in [0, 0.1) is 53.3 Å². The standard InChI is InChI=1S/C68H130O11Si4/c1-31-54(38-39-56-49(6)55(69)44-68(74-56)42-41-45(2)57(75-68)43-48(5)76-80(23,24)64(11,12)13)36-34-32-33-35-46(3)61(77-81(25,26)65(14,15)16)50(7)59(72)52(9)63(79-83(29,30)67(20,21)22)53(10)60(73)51(8)62(47(4)37-40-58(70)71)78-82(27,28)66(17,18)19/h32-34,36-37,40,45-57,61-63,69H,31,35,38-39,41-44H2,1-30H3,(H,70,71)/b33-32+,36-34+,40-37+/t45-,46+,47-,48+,49-,50+,51+,52+,53-,54-,55-,56-,57-,61-,62+,63-,68-/m0/s1. The number of ketones is 2. The lowest BCUT2D eigenvalue weighted by Crippen LogP contribution is -2.56. The summed E-state index contributed by atoms with van der Waals surface area (Å²) in [5.74, 6) is -3.91. The zero-order valence-corrected chi connectivity index (χ0v) is 62.9. The van der Waals surface area contributed by atoms with Crippen LogP contribution in [-0.2, 0) is 41.6 Å². The van der Waals surface area contributed by atoms with Crippen LogP contribution in [0.25, 0.3) is 0 Å². The summed E-state index contributed by atoms with van der Waals surface area (Å²) in [6.07, 6.45) is 16.0. The van der Waals surface area contributed by atoms with Crippen molar-refractivity contribution < 1.29 is 51.8 Å². The zero-order chi connectivity index (χ0) is 64.6. The fraction of sp³-hybridized carbons (Fsp3) is 0.868. The summed E-state index contributed by atoms with van der Waals surface area (Å²) >= 11 is 0. The molecule has 0 aromatic carbocycles. The van der Waals surface area contributed by atoms with E-state index in [1.54, 1.807) is 6.08 Å².